The zero-order valence-electron chi connectivity index (χ0n) is 36.9. The lowest BCUT2D eigenvalue weighted by Crippen LogP contribution is -2.65. The smallest absolute Gasteiger partial charge is 0.220 e. The van der Waals surface area contributed by atoms with E-state index >= 15 is 0 Å². The first-order chi connectivity index (χ1) is 29.6. The number of nitrogens with one attached hydrogen (secondary N) is 1. The molecule has 0 aromatic rings. The van der Waals surface area contributed by atoms with Crippen LogP contribution in [0, 0.1) is 0 Å². The van der Waals surface area contributed by atoms with Crippen molar-refractivity contribution in [2.45, 2.75) is 209 Å². The summed E-state index contributed by atoms with van der Waals surface area (Å²) in [6.07, 6.45) is 22.8. The number of aliphatic hydroxyl groups is 8. The lowest BCUT2D eigenvalue weighted by atomic mass is 9.97. The van der Waals surface area contributed by atoms with Gasteiger partial charge in [0.2, 0.25) is 5.91 Å². The normalized spacial score (nSPS) is 28.6. The molecule has 0 spiro atoms. The topological polar surface area (TPSA) is 228 Å². The number of aliphatic hydroxyl groups excluding tert-OH is 8. The predicted octanol–water partition coefficient (Wildman–Crippen LogP) is 4.71. The Kier molecular flexibility index (Phi) is 30.7. The first-order valence-corrected chi connectivity index (χ1v) is 23.0. The maximum Gasteiger partial charge on any atom is 0.220 e. The van der Waals surface area contributed by atoms with Gasteiger partial charge in [-0.3, -0.25) is 4.79 Å². The fourth-order valence-electron chi connectivity index (χ4n) is 7.14. The number of carbonyl (C=O) groups excluding carboxylic acids is 1. The lowest BCUT2D eigenvalue weighted by molar-refractivity contribution is -0.359. The second-order valence-corrected chi connectivity index (χ2v) is 16.1. The van der Waals surface area contributed by atoms with Crippen LogP contribution in [0.3, 0.4) is 0 Å². The minimum absolute atomic E-state index is 0.259. The van der Waals surface area contributed by atoms with Gasteiger partial charge in [-0.2, -0.15) is 0 Å². The maximum atomic E-state index is 13.1. The van der Waals surface area contributed by atoms with Crippen LogP contribution in [0.2, 0.25) is 0 Å². The molecule has 14 nitrogen and oxygen atoms in total. The zero-order chi connectivity index (χ0) is 44.7. The first-order valence-electron chi connectivity index (χ1n) is 23.0. The third kappa shape index (κ3) is 22.2. The Hall–Kier alpha value is -2.31. The van der Waals surface area contributed by atoms with Crippen molar-refractivity contribution in [1.82, 2.24) is 5.32 Å². The molecule has 0 aliphatic carbocycles. The van der Waals surface area contributed by atoms with Crippen molar-refractivity contribution in [1.29, 1.82) is 0 Å². The molecule has 12 atom stereocenters. The van der Waals surface area contributed by atoms with Gasteiger partial charge >= 0.3 is 0 Å². The molecule has 0 aromatic carbocycles. The zero-order valence-corrected chi connectivity index (χ0v) is 36.9. The highest BCUT2D eigenvalue weighted by Gasteiger charge is 2.50. The van der Waals surface area contributed by atoms with Crippen molar-refractivity contribution in [2.24, 2.45) is 0 Å². The number of unbranched alkanes of at least 4 members (excludes halogenated alkanes) is 12. The van der Waals surface area contributed by atoms with Gasteiger partial charge in [0.1, 0.15) is 48.8 Å². The van der Waals surface area contributed by atoms with Gasteiger partial charge in [0.15, 0.2) is 12.6 Å². The molecule has 61 heavy (non-hydrogen) atoms. The van der Waals surface area contributed by atoms with Crippen LogP contribution in [-0.2, 0) is 23.7 Å². The summed E-state index contributed by atoms with van der Waals surface area (Å²) in [6.45, 7) is 2.57. The first kappa shape index (κ1) is 54.8. The molecule has 9 N–H and O–H groups in total. The molecule has 2 aliphatic heterocycles. The fourth-order valence-corrected chi connectivity index (χ4v) is 7.14. The molecule has 2 saturated heterocycles. The Morgan fingerprint density at radius 3 is 1.80 bits per heavy atom. The van der Waals surface area contributed by atoms with Crippen molar-refractivity contribution in [2.75, 3.05) is 19.8 Å². The largest absolute Gasteiger partial charge is 0.394 e. The van der Waals surface area contributed by atoms with Gasteiger partial charge in [0, 0.05) is 6.42 Å². The highest BCUT2D eigenvalue weighted by molar-refractivity contribution is 5.76. The molecule has 2 heterocycles. The van der Waals surface area contributed by atoms with Crippen molar-refractivity contribution < 1.29 is 64.6 Å². The van der Waals surface area contributed by atoms with Crippen LogP contribution in [0.15, 0.2) is 60.8 Å². The molecule has 0 radical (unpaired) electrons. The van der Waals surface area contributed by atoms with E-state index in [1.54, 1.807) is 6.08 Å². The van der Waals surface area contributed by atoms with Crippen LogP contribution >= 0.6 is 0 Å². The van der Waals surface area contributed by atoms with E-state index in [1.165, 1.54) is 25.7 Å². The monoisotopic (exact) mass is 868 g/mol. The van der Waals surface area contributed by atoms with Crippen LogP contribution in [0.5, 0.6) is 0 Å². The summed E-state index contributed by atoms with van der Waals surface area (Å²) >= 11 is 0. The van der Waals surface area contributed by atoms with Gasteiger partial charge in [-0.1, -0.05) is 126 Å². The number of allylic oxidation sites excluding steroid dienone is 9. The van der Waals surface area contributed by atoms with E-state index in [4.69, 9.17) is 18.9 Å². The number of ether oxygens (including phenoxy) is 4. The Bertz CT molecular complexity index is 1260. The molecular formula is C47H81NO13. The second-order valence-electron chi connectivity index (χ2n) is 16.1. The molecule has 2 rings (SSSR count). The molecule has 12 unspecified atom stereocenters. The van der Waals surface area contributed by atoms with Crippen molar-refractivity contribution in [3.8, 4) is 0 Å². The number of amides is 1. The van der Waals surface area contributed by atoms with Gasteiger partial charge < -0.3 is 65.1 Å². The minimum atomic E-state index is -1.79. The minimum Gasteiger partial charge on any atom is -0.394 e. The lowest BCUT2D eigenvalue weighted by Gasteiger charge is -2.46. The molecule has 0 bridgehead atoms. The second kappa shape index (κ2) is 34.1. The van der Waals surface area contributed by atoms with Crippen LogP contribution in [-0.4, -0.2) is 140 Å². The van der Waals surface area contributed by atoms with E-state index in [2.05, 4.69) is 67.8 Å². The quantitative estimate of drug-likeness (QED) is 0.0322. The van der Waals surface area contributed by atoms with E-state index in [1.807, 2.05) is 6.08 Å². The number of rotatable bonds is 33. The average Bonchev–Trinajstić information content (AvgIpc) is 3.26. The van der Waals surface area contributed by atoms with Gasteiger partial charge in [-0.05, 0) is 64.2 Å². The number of carbonyl (C=O) groups is 1. The third-order valence-electron chi connectivity index (χ3n) is 10.9. The number of hydrogen-bond donors (Lipinski definition) is 9. The van der Waals surface area contributed by atoms with Crippen LogP contribution in [0.25, 0.3) is 0 Å². The summed E-state index contributed by atoms with van der Waals surface area (Å²) in [5.41, 5.74) is 0. The Morgan fingerprint density at radius 2 is 1.15 bits per heavy atom. The van der Waals surface area contributed by atoms with Crippen molar-refractivity contribution in [3.05, 3.63) is 60.8 Å². The predicted molar refractivity (Wildman–Crippen MR) is 235 cm³/mol. The Balaban J connectivity index is 1.88. The van der Waals surface area contributed by atoms with Gasteiger partial charge in [0.05, 0.1) is 32.0 Å². The molecule has 14 heteroatoms. The summed E-state index contributed by atoms with van der Waals surface area (Å²) in [7, 11) is 0. The SMILES string of the molecule is CC/C=C\C/C=C\C/C=C\CCCCCCCCCC(=O)NC(COC1OC(CO)C(OC2OC(CO)C(O)C(O)C2O)C(O)C1O)C(O)/C=C/CC/C=C/CCCCCC. The van der Waals surface area contributed by atoms with E-state index in [0.717, 1.165) is 77.0 Å². The van der Waals surface area contributed by atoms with E-state index < -0.39 is 86.8 Å². The van der Waals surface area contributed by atoms with Crippen molar-refractivity contribution in [3.63, 3.8) is 0 Å². The van der Waals surface area contributed by atoms with Crippen LogP contribution in [0.4, 0.5) is 0 Å². The summed E-state index contributed by atoms with van der Waals surface area (Å²) in [5, 5.41) is 86.4. The van der Waals surface area contributed by atoms with E-state index in [0.29, 0.717) is 12.8 Å². The molecule has 0 saturated carbocycles. The molecule has 352 valence electrons. The third-order valence-corrected chi connectivity index (χ3v) is 10.9. The van der Waals surface area contributed by atoms with Crippen molar-refractivity contribution >= 4 is 5.91 Å². The van der Waals surface area contributed by atoms with Gasteiger partial charge in [-0.15, -0.1) is 0 Å². The molecule has 0 aromatic heterocycles. The summed E-state index contributed by atoms with van der Waals surface area (Å²) in [4.78, 5) is 13.1. The molecule has 2 aliphatic rings. The van der Waals surface area contributed by atoms with Gasteiger partial charge in [0.25, 0.3) is 0 Å². The standard InChI is InChI=1S/C47H81NO13/c1-3-5-7-9-11-13-15-16-17-18-19-20-21-23-25-27-29-31-39(52)48-35(36(51)30-28-26-24-22-14-12-10-8-6-4-2)34-58-46-44(57)42(55)45(38(33-50)60-46)61-47-43(56)41(54)40(53)37(32-49)59-47/h5,7,11,13-14,16-17,22,28,30,35-38,40-47,49-51,53-57H,3-4,6,8-10,12,15,18-21,23-27,29,31-34H2,1-2H3,(H,48,52)/b7-5-,13-11-,17-16-,22-14+,30-28+. The molecule has 1 amide bonds. The van der Waals surface area contributed by atoms with E-state index in [-0.39, 0.29) is 18.9 Å². The highest BCUT2D eigenvalue weighted by atomic mass is 16.7. The highest BCUT2D eigenvalue weighted by Crippen LogP contribution is 2.30. The summed E-state index contributed by atoms with van der Waals surface area (Å²) in [6, 6.07) is -0.936. The fraction of sp³-hybridized carbons (Fsp3) is 0.766. The molecule has 2 fully saturated rings. The van der Waals surface area contributed by atoms with Gasteiger partial charge in [-0.25, -0.2) is 0 Å². The molecular weight excluding hydrogens is 787 g/mol. The Morgan fingerprint density at radius 1 is 0.607 bits per heavy atom. The summed E-state index contributed by atoms with van der Waals surface area (Å²) in [5.74, 6) is -0.266. The van der Waals surface area contributed by atoms with E-state index in [9.17, 15) is 45.6 Å². The maximum absolute atomic E-state index is 13.1. The number of hydrogen-bond acceptors (Lipinski definition) is 13. The average molecular weight is 868 g/mol. The van der Waals surface area contributed by atoms with Crippen LogP contribution < -0.4 is 5.32 Å². The van der Waals surface area contributed by atoms with Crippen LogP contribution in [0.1, 0.15) is 136 Å². The Labute approximate surface area is 365 Å². The summed E-state index contributed by atoms with van der Waals surface area (Å²) < 4.78 is 22.6.